The summed E-state index contributed by atoms with van der Waals surface area (Å²) in [6.07, 6.45) is 1.66. The van der Waals surface area contributed by atoms with Crippen molar-refractivity contribution in [1.82, 2.24) is 5.06 Å². The number of benzene rings is 2. The zero-order chi connectivity index (χ0) is 21.1. The van der Waals surface area contributed by atoms with Crippen LogP contribution >= 0.6 is 11.6 Å². The number of ether oxygens (including phenoxy) is 3. The molecule has 0 bridgehead atoms. The summed E-state index contributed by atoms with van der Waals surface area (Å²) in [4.78, 5) is 29.4. The first-order chi connectivity index (χ1) is 14.5. The molecular weight excluding hydrogens is 410 g/mol. The molecule has 30 heavy (non-hydrogen) atoms. The second kappa shape index (κ2) is 8.93. The molecule has 1 atom stereocenters. The molecule has 0 spiro atoms. The van der Waals surface area contributed by atoms with E-state index in [1.54, 1.807) is 23.3 Å². The lowest BCUT2D eigenvalue weighted by Crippen LogP contribution is -2.38. The predicted octanol–water partition coefficient (Wildman–Crippen LogP) is 4.07. The van der Waals surface area contributed by atoms with Crippen LogP contribution in [0.4, 0.5) is 4.79 Å². The number of rotatable bonds is 6. The Morgan fingerprint density at radius 3 is 2.70 bits per heavy atom. The van der Waals surface area contributed by atoms with Crippen molar-refractivity contribution in [3.05, 3.63) is 64.2 Å². The highest BCUT2D eigenvalue weighted by molar-refractivity contribution is 6.30. The molecule has 1 fully saturated rings. The number of carbonyl (C=O) groups is 2. The fraction of sp³-hybridized carbons (Fsp3) is 0.364. The SMILES string of the molecule is COC(=O)COc1ccc(Cl)cc1C1c2ccccc2CCN1OC(=O)OC1CC1. The number of hydrogen-bond acceptors (Lipinski definition) is 7. The van der Waals surface area contributed by atoms with Gasteiger partial charge in [-0.15, -0.1) is 5.06 Å². The van der Waals surface area contributed by atoms with Gasteiger partial charge < -0.3 is 19.0 Å². The van der Waals surface area contributed by atoms with Crippen LogP contribution in [0.5, 0.6) is 5.75 Å². The smallest absolute Gasteiger partial charge is 0.482 e. The third-order valence-electron chi connectivity index (χ3n) is 5.06. The zero-order valence-electron chi connectivity index (χ0n) is 16.5. The largest absolute Gasteiger partial charge is 0.528 e. The van der Waals surface area contributed by atoms with Gasteiger partial charge in [-0.3, -0.25) is 0 Å². The van der Waals surface area contributed by atoms with E-state index in [9.17, 15) is 9.59 Å². The molecule has 1 aliphatic heterocycles. The van der Waals surface area contributed by atoms with Crippen molar-refractivity contribution < 1.29 is 28.6 Å². The summed E-state index contributed by atoms with van der Waals surface area (Å²) in [5.74, 6) is -0.0447. The maximum absolute atomic E-state index is 12.3. The summed E-state index contributed by atoms with van der Waals surface area (Å²) in [6, 6.07) is 12.6. The van der Waals surface area contributed by atoms with Gasteiger partial charge >= 0.3 is 12.1 Å². The molecule has 158 valence electrons. The number of hydrogen-bond donors (Lipinski definition) is 0. The quantitative estimate of drug-likeness (QED) is 0.638. The van der Waals surface area contributed by atoms with Gasteiger partial charge in [0, 0.05) is 17.1 Å². The first-order valence-corrected chi connectivity index (χ1v) is 10.1. The maximum atomic E-state index is 12.3. The van der Waals surface area contributed by atoms with E-state index in [2.05, 4.69) is 4.74 Å². The van der Waals surface area contributed by atoms with Crippen LogP contribution in [0.3, 0.4) is 0 Å². The number of nitrogens with zero attached hydrogens (tertiary/aromatic N) is 1. The molecule has 1 saturated carbocycles. The maximum Gasteiger partial charge on any atom is 0.528 e. The highest BCUT2D eigenvalue weighted by Gasteiger charge is 2.35. The van der Waals surface area contributed by atoms with Crippen LogP contribution in [-0.4, -0.2) is 43.6 Å². The molecule has 1 aliphatic carbocycles. The normalized spacial score (nSPS) is 18.3. The molecule has 0 saturated heterocycles. The van der Waals surface area contributed by atoms with Gasteiger partial charge in [0.25, 0.3) is 0 Å². The van der Waals surface area contributed by atoms with Crippen LogP contribution in [0.2, 0.25) is 5.02 Å². The lowest BCUT2D eigenvalue weighted by Gasteiger charge is -2.36. The molecule has 0 radical (unpaired) electrons. The number of carbonyl (C=O) groups excluding carboxylic acids is 2. The Kier molecular flexibility index (Phi) is 6.11. The lowest BCUT2D eigenvalue weighted by molar-refractivity contribution is -0.152. The topological polar surface area (TPSA) is 74.3 Å². The summed E-state index contributed by atoms with van der Waals surface area (Å²) < 4.78 is 15.6. The van der Waals surface area contributed by atoms with Crippen LogP contribution in [0.25, 0.3) is 0 Å². The second-order valence-electron chi connectivity index (χ2n) is 7.20. The first kappa shape index (κ1) is 20.5. The molecular formula is C22H22ClNO6. The standard InChI is InChI=1S/C22H22ClNO6/c1-27-20(25)13-28-19-9-6-15(23)12-18(19)21-17-5-3-2-4-14(17)10-11-24(21)30-22(26)29-16-7-8-16/h2-6,9,12,16,21H,7-8,10-11,13H2,1H3. The molecule has 4 rings (SSSR count). The third-order valence-corrected chi connectivity index (χ3v) is 5.29. The van der Waals surface area contributed by atoms with Gasteiger partial charge in [-0.1, -0.05) is 35.9 Å². The third kappa shape index (κ3) is 4.68. The van der Waals surface area contributed by atoms with Gasteiger partial charge in [-0.25, -0.2) is 9.59 Å². The monoisotopic (exact) mass is 431 g/mol. The van der Waals surface area contributed by atoms with E-state index in [-0.39, 0.29) is 12.7 Å². The Labute approximate surface area is 179 Å². The molecule has 0 aromatic heterocycles. The number of hydroxylamine groups is 2. The second-order valence-corrected chi connectivity index (χ2v) is 7.63. The van der Waals surface area contributed by atoms with Crippen molar-refractivity contribution in [2.45, 2.75) is 31.4 Å². The van der Waals surface area contributed by atoms with Crippen molar-refractivity contribution in [2.24, 2.45) is 0 Å². The number of halogens is 1. The van der Waals surface area contributed by atoms with E-state index in [4.69, 9.17) is 25.9 Å². The number of fused-ring (bicyclic) bond motifs is 1. The average molecular weight is 432 g/mol. The van der Waals surface area contributed by atoms with Crippen molar-refractivity contribution in [1.29, 1.82) is 0 Å². The van der Waals surface area contributed by atoms with E-state index in [1.165, 1.54) is 7.11 Å². The highest BCUT2D eigenvalue weighted by Crippen LogP contribution is 2.41. The van der Waals surface area contributed by atoms with E-state index < -0.39 is 18.2 Å². The van der Waals surface area contributed by atoms with Crippen molar-refractivity contribution in [2.75, 3.05) is 20.3 Å². The van der Waals surface area contributed by atoms with Gasteiger partial charge in [0.1, 0.15) is 11.9 Å². The molecule has 0 N–H and O–H groups in total. The molecule has 7 nitrogen and oxygen atoms in total. The van der Waals surface area contributed by atoms with Crippen LogP contribution in [0, 0.1) is 0 Å². The Hall–Kier alpha value is -2.77. The fourth-order valence-corrected chi connectivity index (χ4v) is 3.64. The highest BCUT2D eigenvalue weighted by atomic mass is 35.5. The Morgan fingerprint density at radius 1 is 1.13 bits per heavy atom. The van der Waals surface area contributed by atoms with Gasteiger partial charge in [-0.2, -0.15) is 0 Å². The lowest BCUT2D eigenvalue weighted by atomic mass is 9.89. The molecule has 2 aromatic carbocycles. The van der Waals surface area contributed by atoms with Crippen molar-refractivity contribution in [3.63, 3.8) is 0 Å². The molecule has 1 heterocycles. The Bertz CT molecular complexity index is 945. The summed E-state index contributed by atoms with van der Waals surface area (Å²) in [7, 11) is 1.30. The summed E-state index contributed by atoms with van der Waals surface area (Å²) >= 11 is 6.29. The Balaban J connectivity index is 1.69. The van der Waals surface area contributed by atoms with E-state index >= 15 is 0 Å². The fourth-order valence-electron chi connectivity index (χ4n) is 3.46. The van der Waals surface area contributed by atoms with Crippen LogP contribution in [0.15, 0.2) is 42.5 Å². The summed E-state index contributed by atoms with van der Waals surface area (Å²) in [5.41, 5.74) is 2.78. The van der Waals surface area contributed by atoms with Gasteiger partial charge in [0.2, 0.25) is 0 Å². The van der Waals surface area contributed by atoms with E-state index in [0.29, 0.717) is 29.3 Å². The molecule has 1 unspecified atom stereocenters. The molecule has 0 amide bonds. The van der Waals surface area contributed by atoms with Crippen molar-refractivity contribution >= 4 is 23.7 Å². The predicted molar refractivity (Wildman–Crippen MR) is 108 cm³/mol. The van der Waals surface area contributed by atoms with Gasteiger partial charge in [0.15, 0.2) is 6.61 Å². The minimum atomic E-state index is -0.721. The average Bonchev–Trinajstić information content (AvgIpc) is 3.56. The van der Waals surface area contributed by atoms with Gasteiger partial charge in [0.05, 0.1) is 13.2 Å². The summed E-state index contributed by atoms with van der Waals surface area (Å²) in [6.45, 7) is 0.231. The van der Waals surface area contributed by atoms with E-state index in [0.717, 1.165) is 24.0 Å². The van der Waals surface area contributed by atoms with E-state index in [1.807, 2.05) is 24.3 Å². The molecule has 2 aromatic rings. The Morgan fingerprint density at radius 2 is 1.93 bits per heavy atom. The van der Waals surface area contributed by atoms with Gasteiger partial charge in [-0.05, 0) is 48.6 Å². The first-order valence-electron chi connectivity index (χ1n) is 9.77. The summed E-state index contributed by atoms with van der Waals surface area (Å²) in [5, 5.41) is 2.09. The molecule has 8 heteroatoms. The van der Waals surface area contributed by atoms with Crippen LogP contribution in [-0.2, 0) is 25.5 Å². The van der Waals surface area contributed by atoms with Crippen LogP contribution < -0.4 is 4.74 Å². The van der Waals surface area contributed by atoms with Crippen LogP contribution in [0.1, 0.15) is 35.6 Å². The minimum Gasteiger partial charge on any atom is -0.482 e. The van der Waals surface area contributed by atoms with Crippen molar-refractivity contribution in [3.8, 4) is 5.75 Å². The number of methoxy groups -OCH3 is 1. The minimum absolute atomic E-state index is 0.0573. The number of esters is 1. The zero-order valence-corrected chi connectivity index (χ0v) is 17.3. The molecule has 2 aliphatic rings.